The number of furan rings is 1. The molecule has 0 unspecified atom stereocenters. The molecule has 0 N–H and O–H groups in total. The number of para-hydroxylation sites is 2. The summed E-state index contributed by atoms with van der Waals surface area (Å²) in [6.45, 7) is 0. The smallest absolute Gasteiger partial charge is 0.136 e. The second kappa shape index (κ2) is 9.14. The maximum Gasteiger partial charge on any atom is 0.136 e. The van der Waals surface area contributed by atoms with E-state index in [0.29, 0.717) is 0 Å². The lowest BCUT2D eigenvalue weighted by molar-refractivity contribution is 0.669. The molecule has 0 saturated carbocycles. The fraction of sp³-hybridized carbons (Fsp3) is 0. The van der Waals surface area contributed by atoms with Gasteiger partial charge in [0, 0.05) is 27.7 Å². The van der Waals surface area contributed by atoms with E-state index >= 15 is 0 Å². The standard InChI is InChI=1S/C38H25NO/c1-2-11-27(12-3-1)32-14-6-8-16-35(32)39(30-20-18-26-10-4-5-13-28(26)24-30)31-21-22-33-29(25-31)19-23-37-38(33)34-15-7-9-17-36(34)40-37/h1-25H. The molecule has 0 aliphatic rings. The van der Waals surface area contributed by atoms with Gasteiger partial charge < -0.3 is 9.32 Å². The van der Waals surface area contributed by atoms with Gasteiger partial charge >= 0.3 is 0 Å². The Morgan fingerprint density at radius 1 is 0.425 bits per heavy atom. The van der Waals surface area contributed by atoms with E-state index < -0.39 is 0 Å². The van der Waals surface area contributed by atoms with E-state index in [1.165, 1.54) is 38.1 Å². The first-order chi connectivity index (χ1) is 19.8. The van der Waals surface area contributed by atoms with Gasteiger partial charge in [-0.3, -0.25) is 0 Å². The molecule has 0 spiro atoms. The Balaban J connectivity index is 1.38. The molecule has 0 atom stereocenters. The number of fused-ring (bicyclic) bond motifs is 6. The fourth-order valence-electron chi connectivity index (χ4n) is 5.95. The van der Waals surface area contributed by atoms with Crippen LogP contribution in [0.2, 0.25) is 0 Å². The first-order valence-electron chi connectivity index (χ1n) is 13.6. The van der Waals surface area contributed by atoms with Crippen LogP contribution in [0.5, 0.6) is 0 Å². The second-order valence-corrected chi connectivity index (χ2v) is 10.2. The zero-order chi connectivity index (χ0) is 26.5. The van der Waals surface area contributed by atoms with Gasteiger partial charge in [0.1, 0.15) is 11.2 Å². The SMILES string of the molecule is c1ccc(-c2ccccc2N(c2ccc3ccccc3c2)c2ccc3c(ccc4oc5ccccc5c43)c2)cc1. The van der Waals surface area contributed by atoms with Gasteiger partial charge in [-0.25, -0.2) is 0 Å². The summed E-state index contributed by atoms with van der Waals surface area (Å²) in [5, 5.41) is 7.14. The van der Waals surface area contributed by atoms with Gasteiger partial charge in [-0.1, -0.05) is 109 Å². The summed E-state index contributed by atoms with van der Waals surface area (Å²) < 4.78 is 6.17. The van der Waals surface area contributed by atoms with E-state index in [1.807, 2.05) is 12.1 Å². The van der Waals surface area contributed by atoms with E-state index in [1.54, 1.807) is 0 Å². The topological polar surface area (TPSA) is 16.4 Å². The molecule has 8 rings (SSSR count). The zero-order valence-corrected chi connectivity index (χ0v) is 21.8. The average Bonchev–Trinajstić information content (AvgIpc) is 3.41. The summed E-state index contributed by atoms with van der Waals surface area (Å²) in [7, 11) is 0. The molecule has 0 amide bonds. The van der Waals surface area contributed by atoms with Gasteiger partial charge in [-0.05, 0) is 69.6 Å². The van der Waals surface area contributed by atoms with Gasteiger partial charge in [-0.2, -0.15) is 0 Å². The van der Waals surface area contributed by atoms with Crippen LogP contribution in [0.1, 0.15) is 0 Å². The normalized spacial score (nSPS) is 11.5. The van der Waals surface area contributed by atoms with Crippen LogP contribution in [-0.4, -0.2) is 0 Å². The third-order valence-electron chi connectivity index (χ3n) is 7.82. The summed E-state index contributed by atoms with van der Waals surface area (Å²) in [6, 6.07) is 53.9. The number of hydrogen-bond donors (Lipinski definition) is 0. The lowest BCUT2D eigenvalue weighted by atomic mass is 10.00. The Morgan fingerprint density at radius 3 is 2.00 bits per heavy atom. The zero-order valence-electron chi connectivity index (χ0n) is 21.8. The number of anilines is 3. The van der Waals surface area contributed by atoms with Gasteiger partial charge in [0.2, 0.25) is 0 Å². The van der Waals surface area contributed by atoms with E-state index in [4.69, 9.17) is 4.42 Å². The number of nitrogens with zero attached hydrogens (tertiary/aromatic N) is 1. The minimum Gasteiger partial charge on any atom is -0.456 e. The molecule has 1 heterocycles. The fourth-order valence-corrected chi connectivity index (χ4v) is 5.95. The molecule has 0 aliphatic heterocycles. The van der Waals surface area contributed by atoms with Crippen molar-refractivity contribution in [2.75, 3.05) is 4.90 Å². The predicted octanol–water partition coefficient (Wildman–Crippen LogP) is 11.0. The lowest BCUT2D eigenvalue weighted by Crippen LogP contribution is -2.11. The van der Waals surface area contributed by atoms with Crippen LogP contribution >= 0.6 is 0 Å². The van der Waals surface area contributed by atoms with Crippen molar-refractivity contribution in [1.82, 2.24) is 0 Å². The van der Waals surface area contributed by atoms with E-state index in [9.17, 15) is 0 Å². The van der Waals surface area contributed by atoms with Crippen LogP contribution in [0.25, 0.3) is 54.6 Å². The highest BCUT2D eigenvalue weighted by molar-refractivity contribution is 6.19. The Kier molecular flexibility index (Phi) is 5.17. The Bertz CT molecular complexity index is 2170. The van der Waals surface area contributed by atoms with Crippen LogP contribution in [0.4, 0.5) is 17.1 Å². The number of benzene rings is 7. The third-order valence-corrected chi connectivity index (χ3v) is 7.82. The second-order valence-electron chi connectivity index (χ2n) is 10.2. The van der Waals surface area contributed by atoms with E-state index in [2.05, 4.69) is 144 Å². The molecule has 188 valence electrons. The van der Waals surface area contributed by atoms with Crippen molar-refractivity contribution in [3.8, 4) is 11.1 Å². The largest absolute Gasteiger partial charge is 0.456 e. The van der Waals surface area contributed by atoms with Crippen LogP contribution in [0.3, 0.4) is 0 Å². The van der Waals surface area contributed by atoms with Crippen molar-refractivity contribution in [2.24, 2.45) is 0 Å². The first kappa shape index (κ1) is 22.6. The summed E-state index contributed by atoms with van der Waals surface area (Å²) in [4.78, 5) is 2.38. The van der Waals surface area contributed by atoms with Crippen molar-refractivity contribution in [2.45, 2.75) is 0 Å². The molecular formula is C38H25NO. The van der Waals surface area contributed by atoms with Crippen LogP contribution in [0, 0.1) is 0 Å². The molecular weight excluding hydrogens is 486 g/mol. The van der Waals surface area contributed by atoms with Gasteiger partial charge in [-0.15, -0.1) is 0 Å². The predicted molar refractivity (Wildman–Crippen MR) is 169 cm³/mol. The molecule has 0 saturated heterocycles. The quantitative estimate of drug-likeness (QED) is 0.234. The van der Waals surface area contributed by atoms with E-state index in [0.717, 1.165) is 33.6 Å². The summed E-state index contributed by atoms with van der Waals surface area (Å²) in [5.41, 5.74) is 7.59. The molecule has 0 radical (unpaired) electrons. The molecule has 40 heavy (non-hydrogen) atoms. The maximum atomic E-state index is 6.17. The molecule has 0 aliphatic carbocycles. The van der Waals surface area contributed by atoms with Crippen molar-refractivity contribution in [3.05, 3.63) is 152 Å². The minimum atomic E-state index is 0.919. The number of hydrogen-bond acceptors (Lipinski definition) is 2. The molecule has 1 aromatic heterocycles. The van der Waals surface area contributed by atoms with E-state index in [-0.39, 0.29) is 0 Å². The van der Waals surface area contributed by atoms with Gasteiger partial charge in [0.15, 0.2) is 0 Å². The Hall–Kier alpha value is -5.34. The molecule has 0 bridgehead atoms. The third kappa shape index (κ3) is 3.65. The number of rotatable bonds is 4. The molecule has 8 aromatic rings. The molecule has 2 nitrogen and oxygen atoms in total. The monoisotopic (exact) mass is 511 g/mol. The highest BCUT2D eigenvalue weighted by Gasteiger charge is 2.19. The molecule has 2 heteroatoms. The van der Waals surface area contributed by atoms with Gasteiger partial charge in [0.05, 0.1) is 5.69 Å². The molecule has 0 fully saturated rings. The van der Waals surface area contributed by atoms with Crippen molar-refractivity contribution >= 4 is 60.5 Å². The first-order valence-corrected chi connectivity index (χ1v) is 13.6. The summed E-state index contributed by atoms with van der Waals surface area (Å²) in [6.07, 6.45) is 0. The van der Waals surface area contributed by atoms with Crippen LogP contribution < -0.4 is 4.90 Å². The van der Waals surface area contributed by atoms with Crippen molar-refractivity contribution in [3.63, 3.8) is 0 Å². The summed E-state index contributed by atoms with van der Waals surface area (Å²) in [5.74, 6) is 0. The van der Waals surface area contributed by atoms with Gasteiger partial charge in [0.25, 0.3) is 0 Å². The minimum absolute atomic E-state index is 0.919. The Morgan fingerprint density at radius 2 is 1.10 bits per heavy atom. The maximum absolute atomic E-state index is 6.17. The van der Waals surface area contributed by atoms with Crippen LogP contribution in [-0.2, 0) is 0 Å². The van der Waals surface area contributed by atoms with Crippen molar-refractivity contribution in [1.29, 1.82) is 0 Å². The highest BCUT2D eigenvalue weighted by atomic mass is 16.3. The van der Waals surface area contributed by atoms with Crippen LogP contribution in [0.15, 0.2) is 156 Å². The molecule has 7 aromatic carbocycles. The summed E-state index contributed by atoms with van der Waals surface area (Å²) >= 11 is 0. The lowest BCUT2D eigenvalue weighted by Gasteiger charge is -2.28. The Labute approximate surface area is 232 Å². The van der Waals surface area contributed by atoms with Crippen molar-refractivity contribution < 1.29 is 4.42 Å². The average molecular weight is 512 g/mol. The highest BCUT2D eigenvalue weighted by Crippen LogP contribution is 2.43.